The van der Waals surface area contributed by atoms with Gasteiger partial charge in [0, 0.05) is 31.7 Å². The molecule has 3 rings (SSSR count). The normalized spacial score (nSPS) is 22.9. The molecule has 1 aliphatic carbocycles. The number of hydrogen-bond acceptors (Lipinski definition) is 3. The van der Waals surface area contributed by atoms with Crippen molar-refractivity contribution in [3.8, 4) is 0 Å². The molecule has 1 aromatic rings. The first-order valence-electron chi connectivity index (χ1n) is 7.03. The van der Waals surface area contributed by atoms with Crippen LogP contribution >= 0.6 is 0 Å². The Kier molecular flexibility index (Phi) is 3.93. The van der Waals surface area contributed by atoms with Gasteiger partial charge in [0.15, 0.2) is 0 Å². The Hall–Kier alpha value is -0.900. The van der Waals surface area contributed by atoms with Crippen molar-refractivity contribution < 1.29 is 4.74 Å². The Morgan fingerprint density at radius 3 is 2.56 bits per heavy atom. The standard InChI is InChI=1S/C15H22N2O/c1-2-4-13(5-3-1)15(12-16-14-6-7-14)17-8-10-18-11-9-17/h1-5,14-16H,6-12H2. The minimum Gasteiger partial charge on any atom is -0.379 e. The predicted molar refractivity (Wildman–Crippen MR) is 72.6 cm³/mol. The van der Waals surface area contributed by atoms with E-state index in [9.17, 15) is 0 Å². The highest BCUT2D eigenvalue weighted by atomic mass is 16.5. The van der Waals surface area contributed by atoms with E-state index in [-0.39, 0.29) is 0 Å². The summed E-state index contributed by atoms with van der Waals surface area (Å²) < 4.78 is 5.46. The van der Waals surface area contributed by atoms with Gasteiger partial charge in [0.1, 0.15) is 0 Å². The van der Waals surface area contributed by atoms with Gasteiger partial charge in [-0.1, -0.05) is 30.3 Å². The van der Waals surface area contributed by atoms with Crippen LogP contribution in [0.4, 0.5) is 0 Å². The molecule has 1 heterocycles. The second-order valence-electron chi connectivity index (χ2n) is 5.26. The Morgan fingerprint density at radius 1 is 1.17 bits per heavy atom. The predicted octanol–water partition coefficient (Wildman–Crippen LogP) is 1.81. The van der Waals surface area contributed by atoms with Gasteiger partial charge in [-0.15, -0.1) is 0 Å². The third-order valence-corrected chi connectivity index (χ3v) is 3.85. The molecule has 0 amide bonds. The molecule has 2 fully saturated rings. The molecule has 1 aliphatic heterocycles. The molecule has 1 saturated heterocycles. The number of rotatable bonds is 5. The topological polar surface area (TPSA) is 24.5 Å². The average Bonchev–Trinajstić information content (AvgIpc) is 3.26. The Morgan fingerprint density at radius 2 is 1.89 bits per heavy atom. The number of nitrogens with zero attached hydrogens (tertiary/aromatic N) is 1. The van der Waals surface area contributed by atoms with Gasteiger partial charge in [-0.2, -0.15) is 0 Å². The Bertz CT molecular complexity index is 358. The van der Waals surface area contributed by atoms with E-state index in [1.807, 2.05) is 0 Å². The summed E-state index contributed by atoms with van der Waals surface area (Å²) in [6.07, 6.45) is 2.70. The van der Waals surface area contributed by atoms with Crippen LogP contribution < -0.4 is 5.32 Å². The molecular formula is C15H22N2O. The minimum absolute atomic E-state index is 0.496. The molecule has 1 unspecified atom stereocenters. The summed E-state index contributed by atoms with van der Waals surface area (Å²) >= 11 is 0. The van der Waals surface area contributed by atoms with Crippen LogP contribution in [0, 0.1) is 0 Å². The number of benzene rings is 1. The van der Waals surface area contributed by atoms with Gasteiger partial charge in [-0.05, 0) is 18.4 Å². The molecular weight excluding hydrogens is 224 g/mol. The van der Waals surface area contributed by atoms with Crippen LogP contribution in [0.5, 0.6) is 0 Å². The highest BCUT2D eigenvalue weighted by Gasteiger charge is 2.26. The summed E-state index contributed by atoms with van der Waals surface area (Å²) in [5.74, 6) is 0. The molecule has 98 valence electrons. The summed E-state index contributed by atoms with van der Waals surface area (Å²) in [6, 6.07) is 12.1. The summed E-state index contributed by atoms with van der Waals surface area (Å²) in [7, 11) is 0. The van der Waals surface area contributed by atoms with Gasteiger partial charge in [0.25, 0.3) is 0 Å². The second kappa shape index (κ2) is 5.83. The second-order valence-corrected chi connectivity index (χ2v) is 5.26. The van der Waals surface area contributed by atoms with Crippen molar-refractivity contribution in [2.45, 2.75) is 24.9 Å². The molecule has 3 heteroatoms. The van der Waals surface area contributed by atoms with Gasteiger partial charge in [0.2, 0.25) is 0 Å². The van der Waals surface area contributed by atoms with Crippen molar-refractivity contribution in [1.29, 1.82) is 0 Å². The fourth-order valence-electron chi connectivity index (χ4n) is 2.59. The lowest BCUT2D eigenvalue weighted by atomic mass is 10.0. The fourth-order valence-corrected chi connectivity index (χ4v) is 2.59. The van der Waals surface area contributed by atoms with Crippen molar-refractivity contribution in [2.75, 3.05) is 32.8 Å². The first kappa shape index (κ1) is 12.2. The van der Waals surface area contributed by atoms with E-state index in [1.165, 1.54) is 18.4 Å². The SMILES string of the molecule is c1ccc(C(CNC2CC2)N2CCOCC2)cc1. The molecule has 1 aromatic carbocycles. The van der Waals surface area contributed by atoms with Crippen molar-refractivity contribution >= 4 is 0 Å². The smallest absolute Gasteiger partial charge is 0.0594 e. The molecule has 0 bridgehead atoms. The maximum atomic E-state index is 5.46. The highest BCUT2D eigenvalue weighted by molar-refractivity contribution is 5.19. The van der Waals surface area contributed by atoms with Crippen molar-refractivity contribution in [1.82, 2.24) is 10.2 Å². The average molecular weight is 246 g/mol. The van der Waals surface area contributed by atoms with E-state index < -0.39 is 0 Å². The molecule has 18 heavy (non-hydrogen) atoms. The molecule has 1 atom stereocenters. The molecule has 1 saturated carbocycles. The van der Waals surface area contributed by atoms with Crippen LogP contribution in [0.1, 0.15) is 24.4 Å². The summed E-state index contributed by atoms with van der Waals surface area (Å²) in [6.45, 7) is 4.89. The van der Waals surface area contributed by atoms with Crippen LogP contribution in [0.25, 0.3) is 0 Å². The molecule has 1 N–H and O–H groups in total. The van der Waals surface area contributed by atoms with Crippen LogP contribution in [0.15, 0.2) is 30.3 Å². The molecule has 0 radical (unpaired) electrons. The lowest BCUT2D eigenvalue weighted by molar-refractivity contribution is 0.0161. The van der Waals surface area contributed by atoms with E-state index in [0.29, 0.717) is 6.04 Å². The van der Waals surface area contributed by atoms with Gasteiger partial charge >= 0.3 is 0 Å². The lowest BCUT2D eigenvalue weighted by Gasteiger charge is -2.35. The molecule has 3 nitrogen and oxygen atoms in total. The number of ether oxygens (including phenoxy) is 1. The van der Waals surface area contributed by atoms with Gasteiger partial charge < -0.3 is 10.1 Å². The zero-order chi connectivity index (χ0) is 12.2. The van der Waals surface area contributed by atoms with Crippen LogP contribution in [0.2, 0.25) is 0 Å². The van der Waals surface area contributed by atoms with E-state index in [2.05, 4.69) is 40.5 Å². The molecule has 2 aliphatic rings. The zero-order valence-corrected chi connectivity index (χ0v) is 10.8. The van der Waals surface area contributed by atoms with Gasteiger partial charge in [-0.25, -0.2) is 0 Å². The van der Waals surface area contributed by atoms with Gasteiger partial charge in [0.05, 0.1) is 13.2 Å². The number of morpholine rings is 1. The lowest BCUT2D eigenvalue weighted by Crippen LogP contribution is -2.43. The van der Waals surface area contributed by atoms with Crippen molar-refractivity contribution in [2.24, 2.45) is 0 Å². The first-order valence-corrected chi connectivity index (χ1v) is 7.03. The molecule has 0 aromatic heterocycles. The van der Waals surface area contributed by atoms with E-state index in [0.717, 1.165) is 38.9 Å². The third kappa shape index (κ3) is 3.10. The van der Waals surface area contributed by atoms with E-state index in [1.54, 1.807) is 0 Å². The van der Waals surface area contributed by atoms with Crippen LogP contribution in [0.3, 0.4) is 0 Å². The van der Waals surface area contributed by atoms with Crippen LogP contribution in [-0.4, -0.2) is 43.8 Å². The molecule has 0 spiro atoms. The fraction of sp³-hybridized carbons (Fsp3) is 0.600. The number of hydrogen-bond donors (Lipinski definition) is 1. The minimum atomic E-state index is 0.496. The van der Waals surface area contributed by atoms with Crippen LogP contribution in [-0.2, 0) is 4.74 Å². The van der Waals surface area contributed by atoms with Gasteiger partial charge in [-0.3, -0.25) is 4.90 Å². The maximum Gasteiger partial charge on any atom is 0.0594 e. The Labute approximate surface area is 109 Å². The van der Waals surface area contributed by atoms with Crippen molar-refractivity contribution in [3.05, 3.63) is 35.9 Å². The monoisotopic (exact) mass is 246 g/mol. The first-order chi connectivity index (χ1) is 8.93. The largest absolute Gasteiger partial charge is 0.379 e. The third-order valence-electron chi connectivity index (χ3n) is 3.85. The quantitative estimate of drug-likeness (QED) is 0.857. The van der Waals surface area contributed by atoms with E-state index in [4.69, 9.17) is 4.74 Å². The van der Waals surface area contributed by atoms with E-state index >= 15 is 0 Å². The maximum absolute atomic E-state index is 5.46. The summed E-state index contributed by atoms with van der Waals surface area (Å²) in [5.41, 5.74) is 1.42. The zero-order valence-electron chi connectivity index (χ0n) is 10.8. The highest BCUT2D eigenvalue weighted by Crippen LogP contribution is 2.24. The summed E-state index contributed by atoms with van der Waals surface area (Å²) in [5, 5.41) is 3.67. The Balaban J connectivity index is 1.69. The number of nitrogens with one attached hydrogen (secondary N) is 1. The van der Waals surface area contributed by atoms with Crippen molar-refractivity contribution in [3.63, 3.8) is 0 Å². The summed E-state index contributed by atoms with van der Waals surface area (Å²) in [4.78, 5) is 2.55.